The van der Waals surface area contributed by atoms with Crippen molar-refractivity contribution < 1.29 is 8.78 Å². The third kappa shape index (κ3) is 1.97. The number of nitrogen functional groups attached to an aromatic ring is 1. The molecule has 0 unspecified atom stereocenters. The van der Waals surface area contributed by atoms with E-state index in [2.05, 4.69) is 15.9 Å². The first-order chi connectivity index (χ1) is 7.49. The van der Waals surface area contributed by atoms with Gasteiger partial charge in [-0.15, -0.1) is 11.3 Å². The highest BCUT2D eigenvalue weighted by molar-refractivity contribution is 9.11. The number of rotatable bonds is 1. The molecule has 1 aromatic carbocycles. The Morgan fingerprint density at radius 2 is 1.88 bits per heavy atom. The molecule has 2 N–H and O–H groups in total. The zero-order valence-corrected chi connectivity index (χ0v) is 10.8. The molecule has 0 saturated heterocycles. The molecular formula is C11H8BrF2NS. The minimum atomic E-state index is -0.728. The number of aryl methyl sites for hydroxylation is 1. The van der Waals surface area contributed by atoms with E-state index in [0.717, 1.165) is 20.3 Å². The Labute approximate surface area is 104 Å². The maximum Gasteiger partial charge on any atom is 0.149 e. The van der Waals surface area contributed by atoms with Gasteiger partial charge in [-0.05, 0) is 40.5 Å². The first-order valence-electron chi connectivity index (χ1n) is 4.50. The van der Waals surface area contributed by atoms with Gasteiger partial charge in [0.25, 0.3) is 0 Å². The fourth-order valence-electron chi connectivity index (χ4n) is 1.35. The van der Waals surface area contributed by atoms with Crippen molar-refractivity contribution in [2.45, 2.75) is 6.92 Å². The first kappa shape index (κ1) is 11.5. The van der Waals surface area contributed by atoms with E-state index >= 15 is 0 Å². The largest absolute Gasteiger partial charge is 0.396 e. The topological polar surface area (TPSA) is 26.0 Å². The van der Waals surface area contributed by atoms with Crippen LogP contribution in [0.2, 0.25) is 0 Å². The Morgan fingerprint density at radius 1 is 1.19 bits per heavy atom. The van der Waals surface area contributed by atoms with Crippen LogP contribution in [0, 0.1) is 18.6 Å². The molecule has 84 valence electrons. The number of hydrogen-bond donors (Lipinski definition) is 1. The Morgan fingerprint density at radius 3 is 2.44 bits per heavy atom. The molecule has 0 spiro atoms. The summed E-state index contributed by atoms with van der Waals surface area (Å²) >= 11 is 4.76. The van der Waals surface area contributed by atoms with Crippen molar-refractivity contribution in [3.63, 3.8) is 0 Å². The predicted molar refractivity (Wildman–Crippen MR) is 66.5 cm³/mol. The molecule has 2 rings (SSSR count). The summed E-state index contributed by atoms with van der Waals surface area (Å²) in [5.74, 6) is -1.32. The maximum atomic E-state index is 13.6. The second-order valence-electron chi connectivity index (χ2n) is 3.42. The quantitative estimate of drug-likeness (QED) is 0.779. The molecule has 0 aliphatic heterocycles. The molecule has 0 amide bonds. The van der Waals surface area contributed by atoms with E-state index in [0.29, 0.717) is 5.56 Å². The number of hydrogen-bond acceptors (Lipinski definition) is 2. The molecule has 5 heteroatoms. The van der Waals surface area contributed by atoms with Crippen molar-refractivity contribution in [2.24, 2.45) is 0 Å². The zero-order valence-electron chi connectivity index (χ0n) is 8.35. The maximum absolute atomic E-state index is 13.6. The van der Waals surface area contributed by atoms with Gasteiger partial charge in [0, 0.05) is 16.5 Å². The lowest BCUT2D eigenvalue weighted by Gasteiger charge is -2.02. The number of benzene rings is 1. The Hall–Kier alpha value is -0.940. The third-order valence-electron chi connectivity index (χ3n) is 2.21. The second-order valence-corrected chi connectivity index (χ2v) is 5.79. The molecule has 0 aliphatic rings. The highest BCUT2D eigenvalue weighted by Gasteiger charge is 2.12. The van der Waals surface area contributed by atoms with Crippen molar-refractivity contribution in [2.75, 3.05) is 5.73 Å². The molecular weight excluding hydrogens is 296 g/mol. The highest BCUT2D eigenvalue weighted by atomic mass is 79.9. The molecule has 2 aromatic rings. The van der Waals surface area contributed by atoms with Crippen LogP contribution in [0.5, 0.6) is 0 Å². The van der Waals surface area contributed by atoms with Crippen LogP contribution in [0.3, 0.4) is 0 Å². The van der Waals surface area contributed by atoms with Gasteiger partial charge in [-0.2, -0.15) is 0 Å². The molecule has 0 bridgehead atoms. The fourth-order valence-corrected chi connectivity index (χ4v) is 2.90. The van der Waals surface area contributed by atoms with Crippen LogP contribution in [-0.4, -0.2) is 0 Å². The van der Waals surface area contributed by atoms with Crippen LogP contribution >= 0.6 is 27.3 Å². The van der Waals surface area contributed by atoms with Crippen LogP contribution in [0.25, 0.3) is 10.4 Å². The molecule has 1 nitrogen and oxygen atoms in total. The minimum Gasteiger partial charge on any atom is -0.396 e. The molecule has 0 aliphatic carbocycles. The molecule has 1 aromatic heterocycles. The monoisotopic (exact) mass is 303 g/mol. The van der Waals surface area contributed by atoms with Crippen LogP contribution in [0.15, 0.2) is 22.0 Å². The molecule has 1 heterocycles. The molecule has 0 radical (unpaired) electrons. The lowest BCUT2D eigenvalue weighted by atomic mass is 10.1. The van der Waals surface area contributed by atoms with Gasteiger partial charge in [0.2, 0.25) is 0 Å². The number of nitrogens with two attached hydrogens (primary N) is 1. The average molecular weight is 304 g/mol. The lowest BCUT2D eigenvalue weighted by molar-refractivity contribution is 0.589. The van der Waals surface area contributed by atoms with E-state index in [-0.39, 0.29) is 5.69 Å². The Kier molecular flexibility index (Phi) is 2.99. The van der Waals surface area contributed by atoms with Gasteiger partial charge >= 0.3 is 0 Å². The smallest absolute Gasteiger partial charge is 0.149 e. The van der Waals surface area contributed by atoms with E-state index in [1.807, 2.05) is 13.0 Å². The number of anilines is 1. The van der Waals surface area contributed by atoms with Gasteiger partial charge < -0.3 is 5.73 Å². The summed E-state index contributed by atoms with van der Waals surface area (Å²) in [5.41, 5.74) is 6.73. The Bertz CT molecular complexity index is 532. The van der Waals surface area contributed by atoms with Crippen LogP contribution in [0.1, 0.15) is 5.56 Å². The molecule has 16 heavy (non-hydrogen) atoms. The van der Waals surface area contributed by atoms with E-state index < -0.39 is 11.6 Å². The summed E-state index contributed by atoms with van der Waals surface area (Å²) in [6.45, 7) is 1.91. The summed E-state index contributed by atoms with van der Waals surface area (Å²) in [5, 5.41) is 0. The summed E-state index contributed by atoms with van der Waals surface area (Å²) in [4.78, 5) is 0.730. The lowest BCUT2D eigenvalue weighted by Crippen LogP contribution is -1.93. The van der Waals surface area contributed by atoms with E-state index in [4.69, 9.17) is 5.73 Å². The van der Waals surface area contributed by atoms with E-state index in [9.17, 15) is 8.78 Å². The predicted octanol–water partition coefficient (Wildman–Crippen LogP) is 4.35. The zero-order chi connectivity index (χ0) is 11.9. The fraction of sp³-hybridized carbons (Fsp3) is 0.0909. The molecule has 0 fully saturated rings. The average Bonchev–Trinajstić information content (AvgIpc) is 2.53. The van der Waals surface area contributed by atoms with Gasteiger partial charge in [-0.3, -0.25) is 0 Å². The van der Waals surface area contributed by atoms with Gasteiger partial charge in [0.1, 0.15) is 11.6 Å². The van der Waals surface area contributed by atoms with E-state index in [1.54, 1.807) is 0 Å². The SMILES string of the molecule is Cc1cc(-c2cc(N)c(F)cc2F)sc1Br. The highest BCUT2D eigenvalue weighted by Crippen LogP contribution is 2.37. The van der Waals surface area contributed by atoms with Crippen LogP contribution in [0.4, 0.5) is 14.5 Å². The Balaban J connectivity index is 2.60. The van der Waals surface area contributed by atoms with Crippen LogP contribution < -0.4 is 5.73 Å². The number of halogens is 3. The van der Waals surface area contributed by atoms with Crippen molar-refractivity contribution in [1.82, 2.24) is 0 Å². The summed E-state index contributed by atoms with van der Waals surface area (Å²) < 4.78 is 27.5. The van der Waals surface area contributed by atoms with Crippen molar-refractivity contribution >= 4 is 33.0 Å². The van der Waals surface area contributed by atoms with Crippen molar-refractivity contribution in [3.05, 3.63) is 39.2 Å². The molecule has 0 atom stereocenters. The van der Waals surface area contributed by atoms with Crippen molar-refractivity contribution in [1.29, 1.82) is 0 Å². The third-order valence-corrected chi connectivity index (χ3v) is 4.38. The first-order valence-corrected chi connectivity index (χ1v) is 6.11. The van der Waals surface area contributed by atoms with Crippen molar-refractivity contribution in [3.8, 4) is 10.4 Å². The van der Waals surface area contributed by atoms with E-state index in [1.165, 1.54) is 17.4 Å². The molecule has 0 saturated carbocycles. The van der Waals surface area contributed by atoms with Gasteiger partial charge in [0.05, 0.1) is 9.47 Å². The minimum absolute atomic E-state index is 0.0430. The number of thiophene rings is 1. The summed E-state index contributed by atoms with van der Waals surface area (Å²) in [6, 6.07) is 3.97. The van der Waals surface area contributed by atoms with Gasteiger partial charge in [0.15, 0.2) is 0 Å². The standard InChI is InChI=1S/C11H8BrF2NS/c1-5-2-10(16-11(5)12)6-3-9(15)8(14)4-7(6)13/h2-4H,15H2,1H3. The van der Waals surface area contributed by atoms with Crippen LogP contribution in [-0.2, 0) is 0 Å². The van der Waals surface area contributed by atoms with Gasteiger partial charge in [-0.1, -0.05) is 0 Å². The second kappa shape index (κ2) is 4.14. The normalized spacial score (nSPS) is 10.8. The summed E-state index contributed by atoms with van der Waals surface area (Å²) in [7, 11) is 0. The summed E-state index contributed by atoms with van der Waals surface area (Å²) in [6.07, 6.45) is 0. The van der Waals surface area contributed by atoms with Gasteiger partial charge in [-0.25, -0.2) is 8.78 Å².